The number of aromatic nitrogens is 1. The number of halogens is 1. The number of fused-ring (bicyclic) bond motifs is 2. The standard InChI is InChI=1S/C22H21ClN2O5S2/c1-28-21(27)13-25-16-11-17-18(30-9-8-29-17)12-19(16)32-22(25)24-20(26)3-2-10-31-15-6-4-14(23)5-7-15/h4-7,11-12H,2-3,8-10,13H2,1H3. The molecule has 32 heavy (non-hydrogen) atoms. The highest BCUT2D eigenvalue weighted by Crippen LogP contribution is 2.35. The molecule has 1 aromatic heterocycles. The maximum atomic E-state index is 12.5. The van der Waals surface area contributed by atoms with Gasteiger partial charge in [0.05, 0.1) is 17.3 Å². The fourth-order valence-corrected chi connectivity index (χ4v) is 5.18. The van der Waals surface area contributed by atoms with Crippen molar-refractivity contribution in [2.45, 2.75) is 24.3 Å². The number of carbonyl (C=O) groups is 2. The molecule has 0 aliphatic carbocycles. The van der Waals surface area contributed by atoms with Gasteiger partial charge in [0.2, 0.25) is 5.91 Å². The summed E-state index contributed by atoms with van der Waals surface area (Å²) in [5.41, 5.74) is 0.745. The molecule has 0 saturated heterocycles. The van der Waals surface area contributed by atoms with E-state index >= 15 is 0 Å². The maximum absolute atomic E-state index is 12.5. The number of benzene rings is 2. The van der Waals surface area contributed by atoms with Gasteiger partial charge in [-0.3, -0.25) is 9.59 Å². The number of nitrogens with zero attached hydrogens (tertiary/aromatic N) is 2. The number of rotatable bonds is 7. The Bertz CT molecular complexity index is 1200. The average Bonchev–Trinajstić information content (AvgIpc) is 3.11. The summed E-state index contributed by atoms with van der Waals surface area (Å²) in [7, 11) is 1.33. The second-order valence-electron chi connectivity index (χ2n) is 6.92. The molecule has 2 aromatic carbocycles. The van der Waals surface area contributed by atoms with Gasteiger partial charge in [0.25, 0.3) is 0 Å². The SMILES string of the molecule is COC(=O)Cn1c(=NC(=O)CCCSc2ccc(Cl)cc2)sc2cc3c(cc21)OCCO3. The molecular weight excluding hydrogens is 472 g/mol. The zero-order chi connectivity index (χ0) is 22.5. The van der Waals surface area contributed by atoms with Crippen molar-refractivity contribution in [2.24, 2.45) is 4.99 Å². The molecule has 168 valence electrons. The number of carbonyl (C=O) groups excluding carboxylic acids is 2. The van der Waals surface area contributed by atoms with E-state index in [-0.39, 0.29) is 12.5 Å². The third-order valence-corrected chi connectivity index (χ3v) is 7.09. The van der Waals surface area contributed by atoms with Crippen LogP contribution in [-0.4, -0.2) is 42.5 Å². The Morgan fingerprint density at radius 2 is 1.91 bits per heavy atom. The van der Waals surface area contributed by atoms with Crippen molar-refractivity contribution in [3.63, 3.8) is 0 Å². The Morgan fingerprint density at radius 3 is 2.62 bits per heavy atom. The van der Waals surface area contributed by atoms with Gasteiger partial charge in [0, 0.05) is 28.5 Å². The average molecular weight is 493 g/mol. The molecule has 0 saturated carbocycles. The van der Waals surface area contributed by atoms with E-state index in [2.05, 4.69) is 4.99 Å². The van der Waals surface area contributed by atoms with Crippen LogP contribution in [0.2, 0.25) is 5.02 Å². The monoisotopic (exact) mass is 492 g/mol. The van der Waals surface area contributed by atoms with Crippen LogP contribution in [0.3, 0.4) is 0 Å². The van der Waals surface area contributed by atoms with E-state index in [1.807, 2.05) is 36.4 Å². The number of thioether (sulfide) groups is 1. The summed E-state index contributed by atoms with van der Waals surface area (Å²) < 4.78 is 18.7. The van der Waals surface area contributed by atoms with Crippen LogP contribution in [0.25, 0.3) is 10.2 Å². The first-order valence-corrected chi connectivity index (χ1v) is 12.2. The van der Waals surface area contributed by atoms with Gasteiger partial charge in [-0.15, -0.1) is 11.8 Å². The van der Waals surface area contributed by atoms with Gasteiger partial charge in [-0.25, -0.2) is 0 Å². The van der Waals surface area contributed by atoms with Crippen molar-refractivity contribution in [3.05, 3.63) is 46.2 Å². The van der Waals surface area contributed by atoms with Crippen LogP contribution in [0.4, 0.5) is 0 Å². The molecule has 0 fully saturated rings. The molecule has 0 atom stereocenters. The molecule has 2 heterocycles. The van der Waals surface area contributed by atoms with E-state index in [0.717, 1.165) is 20.9 Å². The first-order chi connectivity index (χ1) is 15.5. The smallest absolute Gasteiger partial charge is 0.325 e. The molecule has 0 radical (unpaired) electrons. The summed E-state index contributed by atoms with van der Waals surface area (Å²) >= 11 is 8.90. The largest absolute Gasteiger partial charge is 0.486 e. The summed E-state index contributed by atoms with van der Waals surface area (Å²) in [4.78, 5) is 30.4. The highest BCUT2D eigenvalue weighted by atomic mass is 35.5. The predicted octanol–water partition coefficient (Wildman–Crippen LogP) is 4.30. The summed E-state index contributed by atoms with van der Waals surface area (Å²) in [6.45, 7) is 0.897. The van der Waals surface area contributed by atoms with Crippen LogP contribution < -0.4 is 14.3 Å². The van der Waals surface area contributed by atoms with E-state index in [1.54, 1.807) is 16.3 Å². The van der Waals surface area contributed by atoms with Gasteiger partial charge in [0.15, 0.2) is 16.3 Å². The third-order valence-electron chi connectivity index (χ3n) is 4.70. The molecule has 1 amide bonds. The van der Waals surface area contributed by atoms with E-state index in [1.165, 1.54) is 18.4 Å². The summed E-state index contributed by atoms with van der Waals surface area (Å²) in [6.07, 6.45) is 1.00. The Hall–Kier alpha value is -2.49. The molecular formula is C22H21ClN2O5S2. The zero-order valence-corrected chi connectivity index (χ0v) is 19.7. The fraction of sp³-hybridized carbons (Fsp3) is 0.318. The molecule has 1 aliphatic heterocycles. The lowest BCUT2D eigenvalue weighted by atomic mass is 10.2. The fourth-order valence-electron chi connectivity index (χ4n) is 3.15. The molecule has 10 heteroatoms. The van der Waals surface area contributed by atoms with Crippen molar-refractivity contribution in [2.75, 3.05) is 26.1 Å². The second-order valence-corrected chi connectivity index (χ2v) is 9.54. The Labute approximate surface area is 198 Å². The van der Waals surface area contributed by atoms with Crippen molar-refractivity contribution in [3.8, 4) is 11.5 Å². The summed E-state index contributed by atoms with van der Waals surface area (Å²) in [6, 6.07) is 11.3. The number of thiazole rings is 1. The van der Waals surface area contributed by atoms with Crippen LogP contribution in [0, 0.1) is 0 Å². The minimum Gasteiger partial charge on any atom is -0.486 e. The first kappa shape index (κ1) is 22.7. The van der Waals surface area contributed by atoms with Crippen molar-refractivity contribution < 1.29 is 23.8 Å². The molecule has 0 spiro atoms. The van der Waals surface area contributed by atoms with Crippen molar-refractivity contribution in [1.29, 1.82) is 0 Å². The van der Waals surface area contributed by atoms with Crippen LogP contribution in [-0.2, 0) is 20.9 Å². The first-order valence-electron chi connectivity index (χ1n) is 9.99. The lowest BCUT2D eigenvalue weighted by molar-refractivity contribution is -0.141. The van der Waals surface area contributed by atoms with Crippen LogP contribution in [0.5, 0.6) is 11.5 Å². The third kappa shape index (κ3) is 5.46. The van der Waals surface area contributed by atoms with Gasteiger partial charge in [-0.1, -0.05) is 22.9 Å². The number of methoxy groups -OCH3 is 1. The minimum absolute atomic E-state index is 0.0469. The lowest BCUT2D eigenvalue weighted by Gasteiger charge is -2.18. The number of esters is 1. The quantitative estimate of drug-likeness (QED) is 0.278. The number of hydrogen-bond donors (Lipinski definition) is 0. The Balaban J connectivity index is 1.51. The van der Waals surface area contributed by atoms with Gasteiger partial charge >= 0.3 is 5.97 Å². The molecule has 1 aliphatic rings. The van der Waals surface area contributed by atoms with Crippen LogP contribution in [0.15, 0.2) is 46.3 Å². The van der Waals surface area contributed by atoms with Gasteiger partial charge in [-0.05, 0) is 36.4 Å². The van der Waals surface area contributed by atoms with E-state index in [4.69, 9.17) is 25.8 Å². The van der Waals surface area contributed by atoms with Gasteiger partial charge < -0.3 is 18.8 Å². The normalized spacial score (nSPS) is 13.4. The van der Waals surface area contributed by atoms with Crippen molar-refractivity contribution >= 4 is 56.8 Å². The minimum atomic E-state index is -0.423. The number of amides is 1. The van der Waals surface area contributed by atoms with Gasteiger partial charge in [0.1, 0.15) is 19.8 Å². The molecule has 0 unspecified atom stereocenters. The van der Waals surface area contributed by atoms with Crippen LogP contribution in [0.1, 0.15) is 12.8 Å². The van der Waals surface area contributed by atoms with Crippen LogP contribution >= 0.6 is 34.7 Å². The van der Waals surface area contributed by atoms with E-state index in [9.17, 15) is 9.59 Å². The number of hydrogen-bond acceptors (Lipinski definition) is 7. The molecule has 0 bridgehead atoms. The lowest BCUT2D eigenvalue weighted by Crippen LogP contribution is -2.22. The van der Waals surface area contributed by atoms with Crippen molar-refractivity contribution in [1.82, 2.24) is 4.57 Å². The maximum Gasteiger partial charge on any atom is 0.325 e. The topological polar surface area (TPSA) is 79.1 Å². The summed E-state index contributed by atoms with van der Waals surface area (Å²) in [5.74, 6) is 1.39. The molecule has 3 aromatic rings. The van der Waals surface area contributed by atoms with Gasteiger partial charge in [-0.2, -0.15) is 4.99 Å². The summed E-state index contributed by atoms with van der Waals surface area (Å²) in [5, 5.41) is 0.700. The zero-order valence-electron chi connectivity index (χ0n) is 17.3. The van der Waals surface area contributed by atoms with E-state index in [0.29, 0.717) is 47.4 Å². The Kier molecular flexibility index (Phi) is 7.39. The Morgan fingerprint density at radius 1 is 1.19 bits per heavy atom. The highest BCUT2D eigenvalue weighted by Gasteiger charge is 2.18. The second kappa shape index (κ2) is 10.4. The molecule has 0 N–H and O–H groups in total. The predicted molar refractivity (Wildman–Crippen MR) is 125 cm³/mol. The molecule has 4 rings (SSSR count). The highest BCUT2D eigenvalue weighted by molar-refractivity contribution is 7.99. The molecule has 7 nitrogen and oxygen atoms in total. The number of ether oxygens (including phenoxy) is 3. The van der Waals surface area contributed by atoms with E-state index < -0.39 is 5.97 Å².